The van der Waals surface area contributed by atoms with E-state index < -0.39 is 15.6 Å². The number of amides is 2. The highest BCUT2D eigenvalue weighted by Crippen LogP contribution is 2.31. The van der Waals surface area contributed by atoms with Crippen LogP contribution in [0.5, 0.6) is 5.75 Å². The molecule has 2 aliphatic rings. The Kier molecular flexibility index (Phi) is 7.54. The van der Waals surface area contributed by atoms with Gasteiger partial charge in [-0.2, -0.15) is 0 Å². The van der Waals surface area contributed by atoms with Crippen LogP contribution in [-0.4, -0.2) is 32.6 Å². The van der Waals surface area contributed by atoms with E-state index >= 15 is 0 Å². The minimum absolute atomic E-state index is 0.0415. The molecule has 1 aliphatic heterocycles. The van der Waals surface area contributed by atoms with Crippen molar-refractivity contribution in [1.82, 2.24) is 10.0 Å². The van der Waals surface area contributed by atoms with E-state index in [1.54, 1.807) is 6.08 Å². The largest absolute Gasteiger partial charge is 0.493 e. The number of imide groups is 1. The molecule has 1 atom stereocenters. The summed E-state index contributed by atoms with van der Waals surface area (Å²) in [5.41, 5.74) is 0.0755. The third-order valence-corrected chi connectivity index (χ3v) is 7.24. The van der Waals surface area contributed by atoms with Gasteiger partial charge < -0.3 is 4.74 Å². The van der Waals surface area contributed by atoms with Gasteiger partial charge in [0.25, 0.3) is 0 Å². The fourth-order valence-electron chi connectivity index (χ4n) is 3.54. The van der Waals surface area contributed by atoms with Gasteiger partial charge in [0.05, 0.1) is 17.9 Å². The third-order valence-electron chi connectivity index (χ3n) is 5.64. The molecule has 1 unspecified atom stereocenters. The normalized spacial score (nSPS) is 20.1. The average Bonchev–Trinajstić information content (AvgIpc) is 3.51. The lowest BCUT2D eigenvalue weighted by atomic mass is 9.95. The SMILES string of the molecule is CC(C)(NS(=O)(=O)CC/C=C/CC1CCC(=O)NC1=O)c1cccc(OCC2CC2)c1. The van der Waals surface area contributed by atoms with Gasteiger partial charge in [-0.25, -0.2) is 13.1 Å². The number of carbonyl (C=O) groups is 2. The third kappa shape index (κ3) is 7.47. The van der Waals surface area contributed by atoms with Crippen LogP contribution in [-0.2, 0) is 25.2 Å². The van der Waals surface area contributed by atoms with E-state index in [2.05, 4.69) is 10.0 Å². The van der Waals surface area contributed by atoms with Crippen LogP contribution in [0.15, 0.2) is 36.4 Å². The zero-order chi connectivity index (χ0) is 22.5. The summed E-state index contributed by atoms with van der Waals surface area (Å²) in [6.45, 7) is 4.38. The summed E-state index contributed by atoms with van der Waals surface area (Å²) in [4.78, 5) is 22.9. The molecule has 8 heteroatoms. The van der Waals surface area contributed by atoms with Crippen molar-refractivity contribution in [2.45, 2.75) is 57.9 Å². The Labute approximate surface area is 184 Å². The predicted molar refractivity (Wildman–Crippen MR) is 119 cm³/mol. The molecule has 0 radical (unpaired) electrons. The molecule has 1 aromatic rings. The topological polar surface area (TPSA) is 102 Å². The molecule has 7 nitrogen and oxygen atoms in total. The van der Waals surface area contributed by atoms with Crippen molar-refractivity contribution >= 4 is 21.8 Å². The molecule has 1 aromatic carbocycles. The Morgan fingerprint density at radius 1 is 1.19 bits per heavy atom. The molecule has 1 aliphatic carbocycles. The lowest BCUT2D eigenvalue weighted by Gasteiger charge is -2.27. The second kappa shape index (κ2) is 9.96. The first-order valence-electron chi connectivity index (χ1n) is 10.9. The van der Waals surface area contributed by atoms with E-state index in [4.69, 9.17) is 4.74 Å². The van der Waals surface area contributed by atoms with Crippen LogP contribution < -0.4 is 14.8 Å². The molecule has 1 saturated carbocycles. The van der Waals surface area contributed by atoms with Crippen LogP contribution in [0.1, 0.15) is 57.9 Å². The number of nitrogens with one attached hydrogen (secondary N) is 2. The zero-order valence-electron chi connectivity index (χ0n) is 18.2. The van der Waals surface area contributed by atoms with E-state index in [0.29, 0.717) is 38.2 Å². The van der Waals surface area contributed by atoms with Crippen molar-refractivity contribution in [3.05, 3.63) is 42.0 Å². The smallest absolute Gasteiger partial charge is 0.229 e. The Bertz CT molecular complexity index is 935. The molecular weight excluding hydrogens is 416 g/mol. The molecule has 2 N–H and O–H groups in total. The number of benzene rings is 1. The molecular formula is C23H32N2O5S. The van der Waals surface area contributed by atoms with Gasteiger partial charge in [-0.1, -0.05) is 24.3 Å². The Balaban J connectivity index is 1.48. The highest BCUT2D eigenvalue weighted by Gasteiger charge is 2.28. The maximum absolute atomic E-state index is 12.6. The molecule has 2 amide bonds. The highest BCUT2D eigenvalue weighted by atomic mass is 32.2. The van der Waals surface area contributed by atoms with Crippen LogP contribution in [0.4, 0.5) is 0 Å². The average molecular weight is 449 g/mol. The van der Waals surface area contributed by atoms with E-state index in [9.17, 15) is 18.0 Å². The Morgan fingerprint density at radius 2 is 1.97 bits per heavy atom. The quantitative estimate of drug-likeness (QED) is 0.400. The fraction of sp³-hybridized carbons (Fsp3) is 0.565. The van der Waals surface area contributed by atoms with Crippen LogP contribution in [0.3, 0.4) is 0 Å². The lowest BCUT2D eigenvalue weighted by Crippen LogP contribution is -2.42. The predicted octanol–water partition coefficient (Wildman–Crippen LogP) is 3.02. The van der Waals surface area contributed by atoms with Gasteiger partial charge in [0.2, 0.25) is 21.8 Å². The number of hydrogen-bond acceptors (Lipinski definition) is 5. The van der Waals surface area contributed by atoms with Crippen LogP contribution >= 0.6 is 0 Å². The summed E-state index contributed by atoms with van der Waals surface area (Å²) in [5.74, 6) is 0.661. The summed E-state index contributed by atoms with van der Waals surface area (Å²) < 4.78 is 33.8. The Morgan fingerprint density at radius 3 is 2.68 bits per heavy atom. The molecule has 2 fully saturated rings. The van der Waals surface area contributed by atoms with Gasteiger partial charge in [-0.15, -0.1) is 0 Å². The van der Waals surface area contributed by atoms with Crippen LogP contribution in [0.25, 0.3) is 0 Å². The minimum atomic E-state index is -3.51. The van der Waals surface area contributed by atoms with Crippen molar-refractivity contribution in [2.24, 2.45) is 11.8 Å². The Hall–Kier alpha value is -2.19. The standard InChI is InChI=1S/C23H32N2O5S/c1-23(2,19-8-6-9-20(15-19)30-16-17-10-11-17)25-31(28,29)14-5-3-4-7-18-12-13-21(26)24-22(18)27/h3-4,6,8-9,15,17-18,25H,5,7,10-14,16H2,1-2H3,(H,24,26,27)/b4-3+. The van der Waals surface area contributed by atoms with Crippen molar-refractivity contribution in [2.75, 3.05) is 12.4 Å². The van der Waals surface area contributed by atoms with Crippen LogP contribution in [0, 0.1) is 11.8 Å². The fourth-order valence-corrected chi connectivity index (χ4v) is 4.98. The number of piperidine rings is 1. The summed E-state index contributed by atoms with van der Waals surface area (Å²) in [6, 6.07) is 7.56. The summed E-state index contributed by atoms with van der Waals surface area (Å²) in [7, 11) is -3.51. The highest BCUT2D eigenvalue weighted by molar-refractivity contribution is 7.89. The van der Waals surface area contributed by atoms with Gasteiger partial charge in [-0.05, 0) is 69.6 Å². The van der Waals surface area contributed by atoms with E-state index in [1.807, 2.05) is 44.2 Å². The van der Waals surface area contributed by atoms with E-state index in [-0.39, 0.29) is 23.5 Å². The van der Waals surface area contributed by atoms with Crippen LogP contribution in [0.2, 0.25) is 0 Å². The molecule has 170 valence electrons. The first-order chi connectivity index (χ1) is 14.6. The monoisotopic (exact) mass is 448 g/mol. The van der Waals surface area contributed by atoms with Crippen molar-refractivity contribution in [1.29, 1.82) is 0 Å². The minimum Gasteiger partial charge on any atom is -0.493 e. The summed E-state index contributed by atoms with van der Waals surface area (Å²) in [5, 5.41) is 2.33. The second-order valence-electron chi connectivity index (χ2n) is 8.97. The van der Waals surface area contributed by atoms with Crippen molar-refractivity contribution < 1.29 is 22.7 Å². The summed E-state index contributed by atoms with van der Waals surface area (Å²) in [6.07, 6.45) is 7.77. The maximum Gasteiger partial charge on any atom is 0.229 e. The van der Waals surface area contributed by atoms with Crippen molar-refractivity contribution in [3.8, 4) is 5.75 Å². The van der Waals surface area contributed by atoms with Gasteiger partial charge in [0.1, 0.15) is 5.75 Å². The van der Waals surface area contributed by atoms with Crippen molar-refractivity contribution in [3.63, 3.8) is 0 Å². The number of hydrogen-bond donors (Lipinski definition) is 2. The summed E-state index contributed by atoms with van der Waals surface area (Å²) >= 11 is 0. The number of rotatable bonds is 11. The molecule has 3 rings (SSSR count). The number of allylic oxidation sites excluding steroid dienone is 2. The zero-order valence-corrected chi connectivity index (χ0v) is 19.0. The molecule has 0 aromatic heterocycles. The maximum atomic E-state index is 12.6. The van der Waals surface area contributed by atoms with Gasteiger partial charge in [0.15, 0.2) is 0 Å². The number of sulfonamides is 1. The first kappa shape index (κ1) is 23.5. The molecule has 31 heavy (non-hydrogen) atoms. The number of ether oxygens (including phenoxy) is 1. The molecule has 1 saturated heterocycles. The van der Waals surface area contributed by atoms with E-state index in [1.165, 1.54) is 12.8 Å². The molecule has 0 bridgehead atoms. The number of carbonyl (C=O) groups excluding carboxylic acids is 2. The molecule has 0 spiro atoms. The second-order valence-corrected chi connectivity index (χ2v) is 10.8. The van der Waals surface area contributed by atoms with Gasteiger partial charge in [-0.3, -0.25) is 14.9 Å². The van der Waals surface area contributed by atoms with E-state index in [0.717, 1.165) is 11.3 Å². The van der Waals surface area contributed by atoms with Gasteiger partial charge >= 0.3 is 0 Å². The van der Waals surface area contributed by atoms with Gasteiger partial charge in [0, 0.05) is 12.3 Å². The first-order valence-corrected chi connectivity index (χ1v) is 12.5. The molecule has 1 heterocycles. The lowest BCUT2D eigenvalue weighted by molar-refractivity contribution is -0.136.